The summed E-state index contributed by atoms with van der Waals surface area (Å²) in [4.78, 5) is 42.1. The van der Waals surface area contributed by atoms with E-state index in [4.69, 9.17) is 9.47 Å². The number of amides is 2. The summed E-state index contributed by atoms with van der Waals surface area (Å²) in [6.45, 7) is 12.0. The van der Waals surface area contributed by atoms with E-state index in [1.165, 1.54) is 6.42 Å². The van der Waals surface area contributed by atoms with Crippen LogP contribution in [0.5, 0.6) is 0 Å². The standard InChI is InChI=1S/C36H57N3O5/c1-21-8-13-36(43-20-21)22(2)33-29(44-36)17-28-26-7-6-23-16-25(9-12-34(23,3)27(26)18-30(40)35(28,33)4)38-32(42)19-31(41)37-24-10-14-39(5)15-11-24/h21-29,33H,6-20H2,1-5H3,(H,37,41)(H,38,42)/t21-,22+,23+,25+,26-,27+,28+,29+,33+,34+,35-,36-/m1/s1. The van der Waals surface area contributed by atoms with Gasteiger partial charge in [-0.15, -0.1) is 0 Å². The van der Waals surface area contributed by atoms with Crippen molar-refractivity contribution in [3.63, 3.8) is 0 Å². The van der Waals surface area contributed by atoms with E-state index in [1.807, 2.05) is 0 Å². The molecule has 3 aliphatic heterocycles. The topological polar surface area (TPSA) is 97.0 Å². The number of likely N-dealkylation sites (tertiary alicyclic amines) is 1. The van der Waals surface area contributed by atoms with Crippen molar-refractivity contribution in [3.05, 3.63) is 0 Å². The molecule has 3 heterocycles. The molecule has 12 atom stereocenters. The van der Waals surface area contributed by atoms with Gasteiger partial charge in [0.1, 0.15) is 12.2 Å². The molecule has 0 unspecified atom stereocenters. The molecule has 2 N–H and O–H groups in total. The van der Waals surface area contributed by atoms with Crippen molar-refractivity contribution >= 4 is 17.6 Å². The molecule has 246 valence electrons. The van der Waals surface area contributed by atoms with Crippen LogP contribution in [0, 0.1) is 52.3 Å². The quantitative estimate of drug-likeness (QED) is 0.448. The monoisotopic (exact) mass is 611 g/mol. The van der Waals surface area contributed by atoms with Gasteiger partial charge in [0.25, 0.3) is 0 Å². The second kappa shape index (κ2) is 11.3. The van der Waals surface area contributed by atoms with Crippen molar-refractivity contribution in [1.29, 1.82) is 0 Å². The number of Topliss-reactive ketones (excluding diaryl/α,β-unsaturated/α-hetero) is 1. The van der Waals surface area contributed by atoms with Gasteiger partial charge in [0.2, 0.25) is 11.8 Å². The van der Waals surface area contributed by atoms with Crippen LogP contribution in [0.2, 0.25) is 0 Å². The highest BCUT2D eigenvalue weighted by molar-refractivity contribution is 5.97. The van der Waals surface area contributed by atoms with Crippen molar-refractivity contribution in [2.24, 2.45) is 52.3 Å². The van der Waals surface area contributed by atoms with Crippen LogP contribution in [-0.2, 0) is 23.9 Å². The van der Waals surface area contributed by atoms with E-state index in [0.717, 1.165) is 77.5 Å². The van der Waals surface area contributed by atoms with Gasteiger partial charge in [-0.3, -0.25) is 14.4 Å². The average molecular weight is 612 g/mol. The summed E-state index contributed by atoms with van der Waals surface area (Å²) in [7, 11) is 2.10. The number of hydrogen-bond acceptors (Lipinski definition) is 6. The molecule has 7 aliphatic rings. The number of ether oxygens (including phenoxy) is 2. The van der Waals surface area contributed by atoms with E-state index in [1.54, 1.807) is 0 Å². The fourth-order valence-electron chi connectivity index (χ4n) is 11.9. The van der Waals surface area contributed by atoms with Gasteiger partial charge >= 0.3 is 0 Å². The summed E-state index contributed by atoms with van der Waals surface area (Å²) in [5, 5.41) is 6.30. The molecule has 0 aromatic carbocycles. The van der Waals surface area contributed by atoms with Crippen molar-refractivity contribution in [1.82, 2.24) is 15.5 Å². The number of nitrogens with zero attached hydrogens (tertiary/aromatic N) is 1. The van der Waals surface area contributed by atoms with Crippen molar-refractivity contribution in [2.75, 3.05) is 26.7 Å². The highest BCUT2D eigenvalue weighted by Gasteiger charge is 2.71. The Hall–Kier alpha value is -1.51. The molecular weight excluding hydrogens is 554 g/mol. The van der Waals surface area contributed by atoms with Crippen LogP contribution in [0.25, 0.3) is 0 Å². The fraction of sp³-hybridized carbons (Fsp3) is 0.917. The zero-order valence-corrected chi connectivity index (χ0v) is 27.9. The van der Waals surface area contributed by atoms with Gasteiger partial charge in [-0.1, -0.05) is 27.7 Å². The van der Waals surface area contributed by atoms with Gasteiger partial charge in [0.15, 0.2) is 5.79 Å². The van der Waals surface area contributed by atoms with E-state index in [-0.39, 0.29) is 59.1 Å². The molecular formula is C36H57N3O5. The van der Waals surface area contributed by atoms with E-state index in [2.05, 4.69) is 50.3 Å². The van der Waals surface area contributed by atoms with Gasteiger partial charge in [0.05, 0.1) is 12.7 Å². The first-order valence-corrected chi connectivity index (χ1v) is 18.1. The highest BCUT2D eigenvalue weighted by atomic mass is 16.7. The number of ketones is 1. The predicted molar refractivity (Wildman–Crippen MR) is 167 cm³/mol. The Balaban J connectivity index is 0.973. The molecule has 7 fully saturated rings. The highest BCUT2D eigenvalue weighted by Crippen LogP contribution is 2.70. The zero-order valence-electron chi connectivity index (χ0n) is 27.9. The zero-order chi connectivity index (χ0) is 31.0. The lowest BCUT2D eigenvalue weighted by Gasteiger charge is -2.60. The van der Waals surface area contributed by atoms with Gasteiger partial charge in [-0.05, 0) is 113 Å². The van der Waals surface area contributed by atoms with Crippen molar-refractivity contribution in [3.8, 4) is 0 Å². The molecule has 4 aliphatic carbocycles. The minimum atomic E-state index is -0.493. The molecule has 2 amide bonds. The smallest absolute Gasteiger partial charge is 0.229 e. The third-order valence-electron chi connectivity index (χ3n) is 14.6. The fourth-order valence-corrected chi connectivity index (χ4v) is 11.9. The van der Waals surface area contributed by atoms with Crippen LogP contribution in [0.3, 0.4) is 0 Å². The lowest BCUT2D eigenvalue weighted by molar-refractivity contribution is -0.272. The maximum absolute atomic E-state index is 14.4. The van der Waals surface area contributed by atoms with E-state index < -0.39 is 5.79 Å². The van der Waals surface area contributed by atoms with E-state index >= 15 is 0 Å². The third-order valence-corrected chi connectivity index (χ3v) is 14.6. The molecule has 0 aromatic heterocycles. The Morgan fingerprint density at radius 1 is 0.909 bits per heavy atom. The summed E-state index contributed by atoms with van der Waals surface area (Å²) < 4.78 is 13.3. The lowest BCUT2D eigenvalue weighted by atomic mass is 9.44. The Kier molecular flexibility index (Phi) is 8.01. The molecule has 8 heteroatoms. The molecule has 8 nitrogen and oxygen atoms in total. The maximum Gasteiger partial charge on any atom is 0.229 e. The van der Waals surface area contributed by atoms with Crippen LogP contribution in [0.15, 0.2) is 0 Å². The molecule has 44 heavy (non-hydrogen) atoms. The van der Waals surface area contributed by atoms with Gasteiger partial charge in [0, 0.05) is 42.2 Å². The van der Waals surface area contributed by atoms with Crippen LogP contribution in [-0.4, -0.2) is 73.2 Å². The van der Waals surface area contributed by atoms with Crippen molar-refractivity contribution < 1.29 is 23.9 Å². The van der Waals surface area contributed by atoms with Crippen LogP contribution in [0.1, 0.15) is 105 Å². The summed E-state index contributed by atoms with van der Waals surface area (Å²) in [5.41, 5.74) is -0.190. The molecule has 4 saturated carbocycles. The first-order chi connectivity index (χ1) is 20.9. The molecule has 0 bridgehead atoms. The van der Waals surface area contributed by atoms with Gasteiger partial charge in [-0.25, -0.2) is 0 Å². The normalized spacial score (nSPS) is 49.1. The van der Waals surface area contributed by atoms with E-state index in [0.29, 0.717) is 41.8 Å². The molecule has 0 radical (unpaired) electrons. The Labute approximate surface area is 264 Å². The number of carbonyl (C=O) groups excluding carboxylic acids is 3. The number of piperidine rings is 1. The van der Waals surface area contributed by atoms with Crippen LogP contribution >= 0.6 is 0 Å². The minimum absolute atomic E-state index is 0.0849. The summed E-state index contributed by atoms with van der Waals surface area (Å²) >= 11 is 0. The van der Waals surface area contributed by atoms with Gasteiger partial charge < -0.3 is 25.0 Å². The predicted octanol–water partition coefficient (Wildman–Crippen LogP) is 4.70. The Bertz CT molecular complexity index is 1140. The summed E-state index contributed by atoms with van der Waals surface area (Å²) in [6.07, 6.45) is 11.0. The van der Waals surface area contributed by atoms with E-state index in [9.17, 15) is 14.4 Å². The largest absolute Gasteiger partial charge is 0.353 e. The number of rotatable bonds is 4. The Morgan fingerprint density at radius 3 is 2.34 bits per heavy atom. The molecule has 7 rings (SSSR count). The maximum atomic E-state index is 14.4. The second-order valence-corrected chi connectivity index (χ2v) is 16.9. The van der Waals surface area contributed by atoms with Gasteiger partial charge in [-0.2, -0.15) is 0 Å². The Morgan fingerprint density at radius 2 is 1.64 bits per heavy atom. The summed E-state index contributed by atoms with van der Waals surface area (Å²) in [6, 6.07) is 0.296. The number of fused-ring (bicyclic) bond motifs is 7. The minimum Gasteiger partial charge on any atom is -0.353 e. The molecule has 0 aromatic rings. The SMILES string of the molecule is C[C@@H]1CC[C@@]2(OC1)O[C@H]1C[C@H]3[C@@H]4CC[C@H]5C[C@@H](NC(=O)CC(=O)NC6CCN(C)CC6)CC[C@]5(C)[C@H]4CC(=O)[C@]3(C)[C@H]1[C@@H]2C. The first kappa shape index (κ1) is 31.1. The number of nitrogens with one attached hydrogen (secondary N) is 2. The average Bonchev–Trinajstić information content (AvgIpc) is 3.43. The third kappa shape index (κ3) is 4.99. The number of carbonyl (C=O) groups is 3. The van der Waals surface area contributed by atoms with Crippen LogP contribution < -0.4 is 10.6 Å². The number of hydrogen-bond donors (Lipinski definition) is 2. The van der Waals surface area contributed by atoms with Crippen LogP contribution in [0.4, 0.5) is 0 Å². The lowest BCUT2D eigenvalue weighted by Crippen LogP contribution is -2.59. The second-order valence-electron chi connectivity index (χ2n) is 16.9. The first-order valence-electron chi connectivity index (χ1n) is 18.1. The van der Waals surface area contributed by atoms with Crippen molar-refractivity contribution in [2.45, 2.75) is 129 Å². The molecule has 3 saturated heterocycles. The summed E-state index contributed by atoms with van der Waals surface area (Å²) in [5.74, 6) is 2.62. The molecule has 1 spiro atoms.